The van der Waals surface area contributed by atoms with Crippen LogP contribution < -0.4 is 16.0 Å². The first-order chi connectivity index (χ1) is 13.5. The van der Waals surface area contributed by atoms with E-state index in [1.54, 1.807) is 4.57 Å². The molecule has 1 aromatic carbocycles. The third kappa shape index (κ3) is 3.55. The molecule has 146 valence electrons. The topological polar surface area (TPSA) is 81.0 Å². The molecule has 28 heavy (non-hydrogen) atoms. The first kappa shape index (κ1) is 19.8. The summed E-state index contributed by atoms with van der Waals surface area (Å²) in [4.78, 5) is 13.5. The van der Waals surface area contributed by atoms with Gasteiger partial charge in [-0.25, -0.2) is 0 Å². The highest BCUT2D eigenvalue weighted by atomic mass is 16.5. The maximum atomic E-state index is 13.5. The van der Waals surface area contributed by atoms with E-state index in [0.29, 0.717) is 23.4 Å². The molecule has 1 aliphatic rings. The molecule has 0 bridgehead atoms. The van der Waals surface area contributed by atoms with Crippen LogP contribution in [0.3, 0.4) is 0 Å². The molecule has 1 aromatic heterocycles. The molecule has 0 fully saturated rings. The fourth-order valence-electron chi connectivity index (χ4n) is 4.12. The number of rotatable bonds is 6. The minimum Gasteiger partial charge on any atom is -0.440 e. The molecule has 3 rings (SSSR count). The molecule has 5 nitrogen and oxygen atoms in total. The number of pyridine rings is 1. The van der Waals surface area contributed by atoms with E-state index in [0.717, 1.165) is 25.0 Å². The van der Waals surface area contributed by atoms with Crippen molar-refractivity contribution in [3.05, 3.63) is 75.0 Å². The van der Waals surface area contributed by atoms with Crippen LogP contribution in [0.25, 0.3) is 0 Å². The van der Waals surface area contributed by atoms with Gasteiger partial charge in [0.1, 0.15) is 11.8 Å². The number of allylic oxidation sites excluding steroid dienone is 1. The summed E-state index contributed by atoms with van der Waals surface area (Å²) < 4.78 is 7.50. The Labute approximate surface area is 166 Å². The van der Waals surface area contributed by atoms with E-state index in [4.69, 9.17) is 10.5 Å². The molecular formula is C23H27N3O2. The van der Waals surface area contributed by atoms with Gasteiger partial charge >= 0.3 is 0 Å². The van der Waals surface area contributed by atoms with E-state index in [1.165, 1.54) is 5.56 Å². The maximum absolute atomic E-state index is 13.5. The third-order valence-electron chi connectivity index (χ3n) is 5.72. The Hall–Kier alpha value is -3.00. The molecule has 2 aromatic rings. The monoisotopic (exact) mass is 377 g/mol. The Morgan fingerprint density at radius 3 is 2.54 bits per heavy atom. The van der Waals surface area contributed by atoms with Crippen LogP contribution in [0.4, 0.5) is 0 Å². The summed E-state index contributed by atoms with van der Waals surface area (Å²) in [6.45, 7) is 6.65. The number of aryl methyl sites for hydroxylation is 2. The highest BCUT2D eigenvalue weighted by Crippen LogP contribution is 2.42. The molecule has 0 saturated heterocycles. The number of ether oxygens (including phenoxy) is 1. The van der Waals surface area contributed by atoms with Gasteiger partial charge in [-0.15, -0.1) is 0 Å². The molecule has 1 aliphatic heterocycles. The Morgan fingerprint density at radius 1 is 1.25 bits per heavy atom. The number of hydrogen-bond acceptors (Lipinski definition) is 4. The quantitative estimate of drug-likeness (QED) is 0.825. The van der Waals surface area contributed by atoms with Gasteiger partial charge in [0.2, 0.25) is 5.88 Å². The van der Waals surface area contributed by atoms with Crippen molar-refractivity contribution < 1.29 is 4.74 Å². The van der Waals surface area contributed by atoms with Gasteiger partial charge in [-0.05, 0) is 24.8 Å². The summed E-state index contributed by atoms with van der Waals surface area (Å²) in [5.74, 6) is 0.452. The van der Waals surface area contributed by atoms with Gasteiger partial charge in [0.05, 0.1) is 11.1 Å². The Balaban J connectivity index is 2.08. The zero-order chi connectivity index (χ0) is 20.3. The van der Waals surface area contributed by atoms with Crippen LogP contribution in [0.15, 0.2) is 52.6 Å². The molecule has 0 radical (unpaired) electrons. The van der Waals surface area contributed by atoms with Crippen molar-refractivity contribution in [2.75, 3.05) is 0 Å². The molecule has 0 amide bonds. The van der Waals surface area contributed by atoms with Crippen molar-refractivity contribution in [3.63, 3.8) is 0 Å². The third-order valence-corrected chi connectivity index (χ3v) is 5.72. The lowest BCUT2D eigenvalue weighted by molar-refractivity contribution is 0.344. The average molecular weight is 377 g/mol. The van der Waals surface area contributed by atoms with Crippen molar-refractivity contribution in [1.82, 2.24) is 4.57 Å². The summed E-state index contributed by atoms with van der Waals surface area (Å²) in [5, 5.41) is 9.69. The molecule has 0 spiro atoms. The molecular weight excluding hydrogens is 350 g/mol. The highest BCUT2D eigenvalue weighted by molar-refractivity contribution is 5.50. The van der Waals surface area contributed by atoms with Gasteiger partial charge in [-0.2, -0.15) is 5.26 Å². The van der Waals surface area contributed by atoms with Crippen molar-refractivity contribution in [2.45, 2.75) is 52.5 Å². The Morgan fingerprint density at radius 2 is 1.93 bits per heavy atom. The van der Waals surface area contributed by atoms with E-state index >= 15 is 0 Å². The van der Waals surface area contributed by atoms with Crippen LogP contribution >= 0.6 is 0 Å². The second-order valence-electron chi connectivity index (χ2n) is 7.30. The number of hydrogen-bond donors (Lipinski definition) is 1. The van der Waals surface area contributed by atoms with Gasteiger partial charge in [-0.3, -0.25) is 4.79 Å². The average Bonchev–Trinajstić information content (AvgIpc) is 2.69. The maximum Gasteiger partial charge on any atom is 0.258 e. The lowest BCUT2D eigenvalue weighted by Crippen LogP contribution is -2.35. The molecule has 0 unspecified atom stereocenters. The van der Waals surface area contributed by atoms with E-state index < -0.39 is 0 Å². The number of nitrogens with two attached hydrogens (primary N) is 1. The van der Waals surface area contributed by atoms with Gasteiger partial charge in [0.25, 0.3) is 5.56 Å². The summed E-state index contributed by atoms with van der Waals surface area (Å²) in [6, 6.07) is 14.2. The summed E-state index contributed by atoms with van der Waals surface area (Å²) >= 11 is 0. The van der Waals surface area contributed by atoms with Crippen molar-refractivity contribution in [2.24, 2.45) is 11.7 Å². The second kappa shape index (κ2) is 8.35. The van der Waals surface area contributed by atoms with E-state index in [9.17, 15) is 10.1 Å². The van der Waals surface area contributed by atoms with Gasteiger partial charge in [-0.1, -0.05) is 57.0 Å². The van der Waals surface area contributed by atoms with Crippen molar-refractivity contribution >= 4 is 0 Å². The zero-order valence-electron chi connectivity index (χ0n) is 16.7. The zero-order valence-corrected chi connectivity index (χ0v) is 16.7. The number of benzene rings is 1. The minimum atomic E-state index is -0.320. The van der Waals surface area contributed by atoms with Gasteiger partial charge < -0.3 is 15.0 Å². The second-order valence-corrected chi connectivity index (χ2v) is 7.30. The van der Waals surface area contributed by atoms with Crippen LogP contribution in [0.2, 0.25) is 0 Å². The number of fused-ring (bicyclic) bond motifs is 1. The van der Waals surface area contributed by atoms with E-state index in [-0.39, 0.29) is 23.3 Å². The van der Waals surface area contributed by atoms with Crippen molar-refractivity contribution in [3.8, 4) is 11.8 Å². The SMILES string of the molecule is CCC(CC)[C@@H]1C(C#N)=C(N)Oc2cc(C)n(CCc3ccccc3)c(=O)c21. The molecule has 0 aliphatic carbocycles. The lowest BCUT2D eigenvalue weighted by Gasteiger charge is -2.31. The fraction of sp³-hybridized carbons (Fsp3) is 0.391. The first-order valence-electron chi connectivity index (χ1n) is 9.87. The predicted molar refractivity (Wildman–Crippen MR) is 110 cm³/mol. The number of aromatic nitrogens is 1. The summed E-state index contributed by atoms with van der Waals surface area (Å²) in [5.41, 5.74) is 8.91. The van der Waals surface area contributed by atoms with Crippen LogP contribution in [-0.4, -0.2) is 4.57 Å². The van der Waals surface area contributed by atoms with Crippen LogP contribution in [0.1, 0.15) is 49.4 Å². The van der Waals surface area contributed by atoms with E-state index in [2.05, 4.69) is 32.0 Å². The molecule has 0 saturated carbocycles. The van der Waals surface area contributed by atoms with E-state index in [1.807, 2.05) is 31.2 Å². The normalized spacial score (nSPS) is 15.9. The first-order valence-corrected chi connectivity index (χ1v) is 9.87. The Bertz CT molecular complexity index is 979. The standard InChI is InChI=1S/C23H27N3O2/c1-4-17(5-2)20-18(14-24)22(25)28-19-13-15(3)26(23(27)21(19)20)12-11-16-9-7-6-8-10-16/h6-10,13,17,20H,4-5,11-12,25H2,1-3H3/t20-/m1/s1. The fourth-order valence-corrected chi connectivity index (χ4v) is 4.12. The van der Waals surface area contributed by atoms with Crippen molar-refractivity contribution in [1.29, 1.82) is 5.26 Å². The number of nitriles is 1. The lowest BCUT2D eigenvalue weighted by atomic mass is 9.77. The summed E-state index contributed by atoms with van der Waals surface area (Å²) in [6.07, 6.45) is 2.48. The van der Waals surface area contributed by atoms with Crippen LogP contribution in [0.5, 0.6) is 5.75 Å². The molecule has 2 N–H and O–H groups in total. The smallest absolute Gasteiger partial charge is 0.258 e. The molecule has 2 heterocycles. The van der Waals surface area contributed by atoms with Crippen LogP contribution in [0, 0.1) is 24.2 Å². The highest BCUT2D eigenvalue weighted by Gasteiger charge is 2.36. The number of nitrogens with zero attached hydrogens (tertiary/aromatic N) is 2. The minimum absolute atomic E-state index is 0.0805. The summed E-state index contributed by atoms with van der Waals surface area (Å²) in [7, 11) is 0. The molecule has 1 atom stereocenters. The van der Waals surface area contributed by atoms with Crippen LogP contribution in [-0.2, 0) is 13.0 Å². The predicted octanol–water partition coefficient (Wildman–Crippen LogP) is 4.01. The van der Waals surface area contributed by atoms with Gasteiger partial charge in [0, 0.05) is 24.2 Å². The Kier molecular flexibility index (Phi) is 5.89. The largest absolute Gasteiger partial charge is 0.440 e. The van der Waals surface area contributed by atoms with Gasteiger partial charge in [0.15, 0.2) is 0 Å². The molecule has 5 heteroatoms.